The van der Waals surface area contributed by atoms with Gasteiger partial charge in [-0.25, -0.2) is 0 Å². The molecular weight excluding hydrogens is 553 g/mol. The highest BCUT2D eigenvalue weighted by Crippen LogP contribution is 2.32. The van der Waals surface area contributed by atoms with E-state index in [9.17, 15) is 0 Å². The first-order chi connectivity index (χ1) is 13.9. The Kier molecular flexibility index (Phi) is 11.5. The molecule has 0 rings (SSSR count). The molecule has 0 N–H and O–H groups in total. The van der Waals surface area contributed by atoms with E-state index in [1.165, 1.54) is 0 Å². The third-order valence-electron chi connectivity index (χ3n) is 3.08. The number of hydrogen-bond donors (Lipinski definition) is 0. The predicted molar refractivity (Wildman–Crippen MR) is 159 cm³/mol. The molecule has 0 atom stereocenters. The van der Waals surface area contributed by atoms with Gasteiger partial charge in [-0.2, -0.15) is 0 Å². The van der Waals surface area contributed by atoms with Crippen LogP contribution in [0.15, 0.2) is 0 Å². The van der Waals surface area contributed by atoms with Gasteiger partial charge in [-0.15, -0.1) is 0 Å². The first kappa shape index (κ1) is 34.5. The van der Waals surface area contributed by atoms with Crippen LogP contribution >= 0.6 is 0 Å². The third-order valence-corrected chi connectivity index (χ3v) is 27.7. The van der Waals surface area contributed by atoms with Crippen LogP contribution in [0.25, 0.3) is 0 Å². The first-order valence-corrected chi connectivity index (χ1v) is 35.6. The summed E-state index contributed by atoms with van der Waals surface area (Å²) < 4.78 is 47.0. The molecule has 0 radical (unpaired) electrons. The van der Waals surface area contributed by atoms with Crippen molar-refractivity contribution < 1.29 is 28.8 Å². The summed E-state index contributed by atoms with van der Waals surface area (Å²) in [5.74, 6) is 0. The van der Waals surface area contributed by atoms with Gasteiger partial charge in [0.2, 0.25) is 0 Å². The maximum absolute atomic E-state index is 6.88. The van der Waals surface area contributed by atoms with Crippen molar-refractivity contribution in [3.05, 3.63) is 0 Å². The van der Waals surface area contributed by atoms with Gasteiger partial charge in [-0.05, 0) is 111 Å². The van der Waals surface area contributed by atoms with Gasteiger partial charge in [0.05, 0.1) is 0 Å². The van der Waals surface area contributed by atoms with E-state index in [0.29, 0.717) is 0 Å². The second kappa shape index (κ2) is 11.1. The van der Waals surface area contributed by atoms with Crippen LogP contribution in [0.1, 0.15) is 0 Å². The summed E-state index contributed by atoms with van der Waals surface area (Å²) in [5, 5.41) is 0. The van der Waals surface area contributed by atoms with Crippen molar-refractivity contribution in [3.8, 4) is 0 Å². The van der Waals surface area contributed by atoms with Gasteiger partial charge in [0.25, 0.3) is 0 Å². The first-order valence-electron chi connectivity index (χ1n) is 11.9. The molecule has 15 heteroatoms. The average Bonchev–Trinajstić information content (AvgIpc) is 2.20. The summed E-state index contributed by atoms with van der Waals surface area (Å²) in [6.07, 6.45) is 0. The summed E-state index contributed by atoms with van der Waals surface area (Å²) in [5.41, 5.74) is 0. The van der Waals surface area contributed by atoms with E-state index < -0.39 is 68.0 Å². The van der Waals surface area contributed by atoms with E-state index >= 15 is 0 Å². The quantitative estimate of drug-likeness (QED) is 0.198. The van der Waals surface area contributed by atoms with E-state index in [-0.39, 0.29) is 0 Å². The molecule has 200 valence electrons. The molecule has 0 aliphatic rings. The average molecular weight is 607 g/mol. The smallest absolute Gasteiger partial charge is 0.417 e. The fourth-order valence-electron chi connectivity index (χ4n) is 3.19. The lowest BCUT2D eigenvalue weighted by atomic mass is 11.8. The predicted octanol–water partition coefficient (Wildman–Crippen LogP) is 6.98. The van der Waals surface area contributed by atoms with Crippen molar-refractivity contribution in [2.45, 2.75) is 118 Å². The SMILES string of the molecule is C[Si](C)(C)O[Si](C)(O[Si](C)(C)C)O[Si](C)(C)O[Si](O[Si](C)(C)C)(O[Si](C)(C)C)O[Si](C)(C)C. The molecular formula is C18H54O7Si8. The van der Waals surface area contributed by atoms with Crippen LogP contribution in [-0.4, -0.2) is 68.0 Å². The van der Waals surface area contributed by atoms with Gasteiger partial charge in [0.15, 0.2) is 41.6 Å². The Morgan fingerprint density at radius 2 is 0.515 bits per heavy atom. The van der Waals surface area contributed by atoms with Crippen LogP contribution < -0.4 is 0 Å². The third kappa shape index (κ3) is 17.5. The molecule has 0 saturated heterocycles. The van der Waals surface area contributed by atoms with E-state index in [2.05, 4.69) is 98.2 Å². The van der Waals surface area contributed by atoms with Gasteiger partial charge < -0.3 is 28.8 Å². The van der Waals surface area contributed by atoms with Crippen molar-refractivity contribution in [2.24, 2.45) is 0 Å². The Morgan fingerprint density at radius 1 is 0.273 bits per heavy atom. The lowest BCUT2D eigenvalue weighted by Gasteiger charge is -2.46. The Bertz CT molecular complexity index is 571. The summed E-state index contributed by atoms with van der Waals surface area (Å²) >= 11 is 0. The molecule has 0 unspecified atom stereocenters. The Morgan fingerprint density at radius 3 is 0.727 bits per heavy atom. The van der Waals surface area contributed by atoms with Crippen LogP contribution in [-0.2, 0) is 28.8 Å². The van der Waals surface area contributed by atoms with Gasteiger partial charge in [-0.3, -0.25) is 0 Å². The lowest BCUT2D eigenvalue weighted by Crippen LogP contribution is -2.68. The Labute approximate surface area is 214 Å². The monoisotopic (exact) mass is 606 g/mol. The molecule has 0 fully saturated rings. The Balaban J connectivity index is 6.39. The second-order valence-corrected chi connectivity index (χ2v) is 46.4. The maximum atomic E-state index is 6.88. The zero-order chi connectivity index (χ0) is 26.9. The zero-order valence-electron chi connectivity index (χ0n) is 24.9. The maximum Gasteiger partial charge on any atom is 0.638 e. The minimum atomic E-state index is -3.50. The molecule has 7 nitrogen and oxygen atoms in total. The number of rotatable bonds is 14. The van der Waals surface area contributed by atoms with Gasteiger partial charge in [-0.1, -0.05) is 0 Å². The normalized spacial score (nSPS) is 15.8. The number of hydrogen-bond acceptors (Lipinski definition) is 7. The van der Waals surface area contributed by atoms with Crippen LogP contribution in [0, 0.1) is 0 Å². The minimum Gasteiger partial charge on any atom is -0.417 e. The molecule has 0 amide bonds. The van der Waals surface area contributed by atoms with E-state index in [1.807, 2.05) is 19.6 Å². The molecule has 0 aliphatic heterocycles. The minimum absolute atomic E-state index is 1.93. The van der Waals surface area contributed by atoms with E-state index in [4.69, 9.17) is 28.8 Å². The summed E-state index contributed by atoms with van der Waals surface area (Å²) in [4.78, 5) is 0. The standard InChI is InChI=1S/C18H54O7Si8/c1-26(2,3)19-32(18,20-27(4,5)6)24-31(16,17)25-33(21-28(7,8)9,22-29(10,11)12)23-30(13,14)15/h1-18H3. The molecule has 0 saturated carbocycles. The van der Waals surface area contributed by atoms with Crippen LogP contribution in [0.5, 0.6) is 0 Å². The summed E-state index contributed by atoms with van der Waals surface area (Å²) in [7, 11) is -19.4. The van der Waals surface area contributed by atoms with Crippen LogP contribution in [0.4, 0.5) is 0 Å². The van der Waals surface area contributed by atoms with Gasteiger partial charge in [0.1, 0.15) is 0 Å². The highest BCUT2D eigenvalue weighted by atomic mass is 28.6. The van der Waals surface area contributed by atoms with Crippen molar-refractivity contribution in [3.63, 3.8) is 0 Å². The molecule has 0 bridgehead atoms. The molecule has 0 aromatic carbocycles. The summed E-state index contributed by atoms with van der Waals surface area (Å²) in [6.45, 7) is 38.4. The van der Waals surface area contributed by atoms with Gasteiger partial charge in [0, 0.05) is 6.55 Å². The van der Waals surface area contributed by atoms with Crippen molar-refractivity contribution in [1.82, 2.24) is 0 Å². The highest BCUT2D eigenvalue weighted by Gasteiger charge is 2.59. The largest absolute Gasteiger partial charge is 0.638 e. The van der Waals surface area contributed by atoms with E-state index in [1.54, 1.807) is 0 Å². The lowest BCUT2D eigenvalue weighted by molar-refractivity contribution is 0.127. The highest BCUT2D eigenvalue weighted by molar-refractivity contribution is 6.93. The molecule has 0 aromatic heterocycles. The molecule has 0 heterocycles. The fourth-order valence-corrected chi connectivity index (χ4v) is 32.5. The fraction of sp³-hybridized carbons (Fsp3) is 1.00. The van der Waals surface area contributed by atoms with E-state index in [0.717, 1.165) is 0 Å². The van der Waals surface area contributed by atoms with Crippen molar-refractivity contribution >= 4 is 68.0 Å². The van der Waals surface area contributed by atoms with Crippen molar-refractivity contribution in [1.29, 1.82) is 0 Å². The van der Waals surface area contributed by atoms with Crippen LogP contribution in [0.3, 0.4) is 0 Å². The molecule has 33 heavy (non-hydrogen) atoms. The van der Waals surface area contributed by atoms with Crippen LogP contribution in [0.2, 0.25) is 118 Å². The van der Waals surface area contributed by atoms with Crippen molar-refractivity contribution in [2.75, 3.05) is 0 Å². The molecule has 0 spiro atoms. The molecule has 0 aliphatic carbocycles. The Hall–Kier alpha value is 1.46. The zero-order valence-corrected chi connectivity index (χ0v) is 32.9. The molecule has 0 aromatic rings. The van der Waals surface area contributed by atoms with Gasteiger partial charge >= 0.3 is 26.4 Å². The summed E-state index contributed by atoms with van der Waals surface area (Å²) in [6, 6.07) is 0. The second-order valence-electron chi connectivity index (χ2n) is 14.0. The topological polar surface area (TPSA) is 64.6 Å².